The van der Waals surface area contributed by atoms with Gasteiger partial charge in [0.25, 0.3) is 0 Å². The summed E-state index contributed by atoms with van der Waals surface area (Å²) in [6, 6.07) is 8.04. The van der Waals surface area contributed by atoms with Gasteiger partial charge in [0.05, 0.1) is 12.0 Å². The molecule has 0 aliphatic heterocycles. The average molecular weight is 289 g/mol. The van der Waals surface area contributed by atoms with Gasteiger partial charge < -0.3 is 9.30 Å². The molecule has 5 heteroatoms. The highest BCUT2D eigenvalue weighted by Crippen LogP contribution is 2.26. The molecular weight excluding hydrogens is 266 g/mol. The third kappa shape index (κ3) is 3.36. The number of ether oxygens (including phenoxy) is 1. The number of fused-ring (bicyclic) bond motifs is 1. The van der Waals surface area contributed by atoms with E-state index in [4.69, 9.17) is 10.6 Å². The molecule has 21 heavy (non-hydrogen) atoms. The summed E-state index contributed by atoms with van der Waals surface area (Å²) >= 11 is 0. The molecule has 0 unspecified atom stereocenters. The fraction of sp³-hybridized carbons (Fsp3) is 0.438. The van der Waals surface area contributed by atoms with E-state index in [0.717, 1.165) is 29.7 Å². The van der Waals surface area contributed by atoms with Crippen LogP contribution < -0.4 is 16.0 Å². The summed E-state index contributed by atoms with van der Waals surface area (Å²) < 4.78 is 7.70. The van der Waals surface area contributed by atoms with Crippen LogP contribution in [0.1, 0.15) is 27.2 Å². The van der Waals surface area contributed by atoms with E-state index in [9.17, 15) is 4.79 Å². The van der Waals surface area contributed by atoms with Crippen molar-refractivity contribution in [3.05, 3.63) is 30.5 Å². The molecule has 0 bridgehead atoms. The minimum Gasteiger partial charge on any atom is -0.494 e. The Kier molecular flexibility index (Phi) is 4.53. The van der Waals surface area contributed by atoms with Crippen LogP contribution in [0.3, 0.4) is 0 Å². The Morgan fingerprint density at radius 2 is 2.14 bits per heavy atom. The fourth-order valence-electron chi connectivity index (χ4n) is 2.32. The monoisotopic (exact) mass is 289 g/mol. The molecule has 1 aromatic heterocycles. The topological polar surface area (TPSA) is 69.3 Å². The van der Waals surface area contributed by atoms with Crippen molar-refractivity contribution < 1.29 is 9.53 Å². The third-order valence-corrected chi connectivity index (χ3v) is 3.53. The summed E-state index contributed by atoms with van der Waals surface area (Å²) in [4.78, 5) is 11.8. The van der Waals surface area contributed by atoms with Gasteiger partial charge in [0.1, 0.15) is 5.75 Å². The molecule has 114 valence electrons. The van der Waals surface area contributed by atoms with Crippen molar-refractivity contribution in [1.29, 1.82) is 0 Å². The second kappa shape index (κ2) is 6.18. The Hall–Kier alpha value is -2.01. The van der Waals surface area contributed by atoms with Crippen LogP contribution in [0.4, 0.5) is 0 Å². The molecular formula is C16H23N3O2. The molecule has 0 aliphatic carbocycles. The van der Waals surface area contributed by atoms with Crippen molar-refractivity contribution in [3.8, 4) is 5.75 Å². The van der Waals surface area contributed by atoms with E-state index < -0.39 is 5.41 Å². The van der Waals surface area contributed by atoms with E-state index in [1.165, 1.54) is 0 Å². The summed E-state index contributed by atoms with van der Waals surface area (Å²) in [5.74, 6) is 5.94. The molecule has 1 amide bonds. The van der Waals surface area contributed by atoms with Gasteiger partial charge in [-0.3, -0.25) is 10.2 Å². The first kappa shape index (κ1) is 15.4. The maximum Gasteiger partial charge on any atom is 0.241 e. The summed E-state index contributed by atoms with van der Waals surface area (Å²) in [7, 11) is 0. The molecule has 1 heterocycles. The molecule has 0 saturated heterocycles. The smallest absolute Gasteiger partial charge is 0.241 e. The molecule has 5 nitrogen and oxygen atoms in total. The predicted octanol–water partition coefficient (Wildman–Crippen LogP) is 2.45. The number of hydrogen-bond acceptors (Lipinski definition) is 3. The number of hydrogen-bond donors (Lipinski definition) is 2. The molecule has 0 spiro atoms. The average Bonchev–Trinajstić information content (AvgIpc) is 2.86. The quantitative estimate of drug-likeness (QED) is 0.487. The zero-order valence-corrected chi connectivity index (χ0v) is 12.8. The standard InChI is InChI=1S/C16H23N3O2/c1-4-9-21-13-5-6-14-12(10-13)7-8-19(14)11-16(2,3)15(20)18-17/h5-8,10H,4,9,11,17H2,1-3H3,(H,18,20). The van der Waals surface area contributed by atoms with Crippen LogP contribution in [0, 0.1) is 5.41 Å². The van der Waals surface area contributed by atoms with Crippen LogP contribution in [0.15, 0.2) is 30.5 Å². The fourth-order valence-corrected chi connectivity index (χ4v) is 2.32. The van der Waals surface area contributed by atoms with Crippen LogP contribution in [0.5, 0.6) is 5.75 Å². The predicted molar refractivity (Wildman–Crippen MR) is 83.8 cm³/mol. The van der Waals surface area contributed by atoms with E-state index >= 15 is 0 Å². The summed E-state index contributed by atoms with van der Waals surface area (Å²) in [5, 5.41) is 1.10. The van der Waals surface area contributed by atoms with Gasteiger partial charge >= 0.3 is 0 Å². The number of nitrogens with two attached hydrogens (primary N) is 1. The van der Waals surface area contributed by atoms with Crippen LogP contribution in [-0.4, -0.2) is 17.1 Å². The van der Waals surface area contributed by atoms with Gasteiger partial charge in [0.15, 0.2) is 0 Å². The van der Waals surface area contributed by atoms with Crippen molar-refractivity contribution in [2.24, 2.45) is 11.3 Å². The highest BCUT2D eigenvalue weighted by molar-refractivity contribution is 5.83. The number of aromatic nitrogens is 1. The maximum absolute atomic E-state index is 11.8. The third-order valence-electron chi connectivity index (χ3n) is 3.53. The Morgan fingerprint density at radius 3 is 2.81 bits per heavy atom. The second-order valence-corrected chi connectivity index (χ2v) is 5.87. The maximum atomic E-state index is 11.8. The Balaban J connectivity index is 2.24. The minimum absolute atomic E-state index is 0.174. The van der Waals surface area contributed by atoms with Crippen LogP contribution in [-0.2, 0) is 11.3 Å². The van der Waals surface area contributed by atoms with Gasteiger partial charge in [-0.05, 0) is 44.5 Å². The van der Waals surface area contributed by atoms with E-state index in [2.05, 4.69) is 16.9 Å². The van der Waals surface area contributed by atoms with Gasteiger partial charge in [0, 0.05) is 23.6 Å². The lowest BCUT2D eigenvalue weighted by molar-refractivity contribution is -0.130. The largest absolute Gasteiger partial charge is 0.494 e. The van der Waals surface area contributed by atoms with Crippen molar-refractivity contribution in [2.75, 3.05) is 6.61 Å². The molecule has 2 rings (SSSR count). The van der Waals surface area contributed by atoms with E-state index in [-0.39, 0.29) is 5.91 Å². The lowest BCUT2D eigenvalue weighted by Crippen LogP contribution is -2.43. The zero-order valence-electron chi connectivity index (χ0n) is 12.8. The van der Waals surface area contributed by atoms with Crippen molar-refractivity contribution in [3.63, 3.8) is 0 Å². The van der Waals surface area contributed by atoms with Crippen LogP contribution in [0.25, 0.3) is 10.9 Å². The van der Waals surface area contributed by atoms with Gasteiger partial charge in [-0.2, -0.15) is 0 Å². The summed E-state index contributed by atoms with van der Waals surface area (Å²) in [6.45, 7) is 7.11. The number of carbonyl (C=O) groups excluding carboxylic acids is 1. The molecule has 0 aliphatic rings. The van der Waals surface area contributed by atoms with Crippen molar-refractivity contribution in [2.45, 2.75) is 33.7 Å². The molecule has 3 N–H and O–H groups in total. The first-order chi connectivity index (χ1) is 9.97. The molecule has 0 radical (unpaired) electrons. The summed E-state index contributed by atoms with van der Waals surface area (Å²) in [6.07, 6.45) is 2.97. The number of hydrazine groups is 1. The Morgan fingerprint density at radius 1 is 1.38 bits per heavy atom. The lowest BCUT2D eigenvalue weighted by Gasteiger charge is -2.23. The number of benzene rings is 1. The summed E-state index contributed by atoms with van der Waals surface area (Å²) in [5.41, 5.74) is 2.73. The zero-order chi connectivity index (χ0) is 15.5. The van der Waals surface area contributed by atoms with Gasteiger partial charge in [-0.25, -0.2) is 5.84 Å². The van der Waals surface area contributed by atoms with E-state index in [1.54, 1.807) is 0 Å². The van der Waals surface area contributed by atoms with Crippen LogP contribution in [0.2, 0.25) is 0 Å². The lowest BCUT2D eigenvalue weighted by atomic mass is 9.92. The number of nitrogens with zero attached hydrogens (tertiary/aromatic N) is 1. The van der Waals surface area contributed by atoms with E-state index in [0.29, 0.717) is 6.54 Å². The first-order valence-corrected chi connectivity index (χ1v) is 7.20. The number of carbonyl (C=O) groups is 1. The second-order valence-electron chi connectivity index (χ2n) is 5.87. The van der Waals surface area contributed by atoms with Gasteiger partial charge in [0.2, 0.25) is 5.91 Å². The van der Waals surface area contributed by atoms with Crippen LogP contribution >= 0.6 is 0 Å². The molecule has 2 aromatic rings. The molecule has 0 atom stereocenters. The first-order valence-electron chi connectivity index (χ1n) is 7.20. The highest BCUT2D eigenvalue weighted by atomic mass is 16.5. The molecule has 0 fully saturated rings. The number of nitrogens with one attached hydrogen (secondary N) is 1. The molecule has 1 aromatic carbocycles. The van der Waals surface area contributed by atoms with Gasteiger partial charge in [-0.15, -0.1) is 0 Å². The molecule has 0 saturated carbocycles. The van der Waals surface area contributed by atoms with E-state index in [1.807, 2.05) is 44.3 Å². The minimum atomic E-state index is -0.571. The van der Waals surface area contributed by atoms with Crippen molar-refractivity contribution >= 4 is 16.8 Å². The van der Waals surface area contributed by atoms with Gasteiger partial charge in [-0.1, -0.05) is 6.92 Å². The number of rotatable bonds is 6. The van der Waals surface area contributed by atoms with Crippen molar-refractivity contribution in [1.82, 2.24) is 9.99 Å². The SMILES string of the molecule is CCCOc1ccc2c(ccn2CC(C)(C)C(=O)NN)c1. The number of amides is 1. The normalized spacial score (nSPS) is 11.6. The Labute approximate surface area is 125 Å². The Bertz CT molecular complexity index is 631. The highest BCUT2D eigenvalue weighted by Gasteiger charge is 2.27.